The molecule has 7 nitrogen and oxygen atoms in total. The summed E-state index contributed by atoms with van der Waals surface area (Å²) in [5, 5.41) is 0. The van der Waals surface area contributed by atoms with Crippen LogP contribution in [0.3, 0.4) is 0 Å². The van der Waals surface area contributed by atoms with Crippen LogP contribution >= 0.6 is 0 Å². The van der Waals surface area contributed by atoms with E-state index in [0.717, 1.165) is 45.4 Å². The summed E-state index contributed by atoms with van der Waals surface area (Å²) in [6, 6.07) is 9.78. The monoisotopic (exact) mass is 359 g/mol. The Labute approximate surface area is 155 Å². The van der Waals surface area contributed by atoms with Crippen molar-refractivity contribution in [2.24, 2.45) is 0 Å². The second kappa shape index (κ2) is 9.00. The van der Waals surface area contributed by atoms with E-state index in [4.69, 9.17) is 0 Å². The zero-order chi connectivity index (χ0) is 18.4. The predicted octanol–water partition coefficient (Wildman–Crippen LogP) is 1.03. The number of benzene rings is 1. The summed E-state index contributed by atoms with van der Waals surface area (Å²) in [6.07, 6.45) is 2.96. The summed E-state index contributed by atoms with van der Waals surface area (Å²) in [4.78, 5) is 31.0. The highest BCUT2D eigenvalue weighted by Gasteiger charge is 2.29. The van der Waals surface area contributed by atoms with Crippen LogP contribution in [0.15, 0.2) is 30.3 Å². The van der Waals surface area contributed by atoms with Crippen LogP contribution in [0.5, 0.6) is 0 Å². The van der Waals surface area contributed by atoms with E-state index in [9.17, 15) is 9.59 Å². The van der Waals surface area contributed by atoms with Gasteiger partial charge in [-0.3, -0.25) is 15.1 Å². The molecule has 1 aromatic rings. The summed E-state index contributed by atoms with van der Waals surface area (Å²) >= 11 is 0. The fourth-order valence-electron chi connectivity index (χ4n) is 3.58. The number of hydrogen-bond donors (Lipinski definition) is 2. The lowest BCUT2D eigenvalue weighted by Crippen LogP contribution is -2.58. The van der Waals surface area contributed by atoms with Gasteiger partial charge in [0.25, 0.3) is 5.91 Å². The highest BCUT2D eigenvalue weighted by atomic mass is 16.2. The van der Waals surface area contributed by atoms with Gasteiger partial charge in [-0.2, -0.15) is 0 Å². The van der Waals surface area contributed by atoms with E-state index in [0.29, 0.717) is 13.1 Å². The fraction of sp³-hybridized carbons (Fsp3) is 0.579. The van der Waals surface area contributed by atoms with E-state index in [2.05, 4.69) is 32.8 Å². The maximum Gasteiger partial charge on any atom is 0.336 e. The molecule has 0 spiro atoms. The van der Waals surface area contributed by atoms with E-state index in [1.807, 2.05) is 25.2 Å². The van der Waals surface area contributed by atoms with Gasteiger partial charge >= 0.3 is 6.03 Å². The van der Waals surface area contributed by atoms with Crippen molar-refractivity contribution < 1.29 is 9.59 Å². The van der Waals surface area contributed by atoms with Crippen molar-refractivity contribution in [1.82, 2.24) is 25.6 Å². The van der Waals surface area contributed by atoms with Crippen molar-refractivity contribution in [3.05, 3.63) is 35.9 Å². The molecule has 2 heterocycles. The van der Waals surface area contributed by atoms with Gasteiger partial charge in [-0.15, -0.1) is 0 Å². The van der Waals surface area contributed by atoms with Gasteiger partial charge in [0.2, 0.25) is 0 Å². The average Bonchev–Trinajstić information content (AvgIpc) is 2.67. The van der Waals surface area contributed by atoms with Gasteiger partial charge in [0.15, 0.2) is 0 Å². The van der Waals surface area contributed by atoms with Crippen LogP contribution in [-0.2, 0) is 11.3 Å². The van der Waals surface area contributed by atoms with Gasteiger partial charge in [0, 0.05) is 32.7 Å². The third-order valence-corrected chi connectivity index (χ3v) is 5.23. The number of rotatable bonds is 3. The molecule has 0 radical (unpaired) electrons. The third kappa shape index (κ3) is 4.95. The molecular weight excluding hydrogens is 330 g/mol. The van der Waals surface area contributed by atoms with Gasteiger partial charge in [0.1, 0.15) is 0 Å². The number of carbonyl (C=O) groups excluding carboxylic acids is 2. The Hall–Kier alpha value is -2.12. The van der Waals surface area contributed by atoms with Crippen molar-refractivity contribution in [3.63, 3.8) is 0 Å². The Morgan fingerprint density at radius 1 is 1.00 bits per heavy atom. The number of piperazine rings is 1. The molecule has 2 saturated heterocycles. The Morgan fingerprint density at radius 2 is 1.73 bits per heavy atom. The number of hydrogen-bond acceptors (Lipinski definition) is 4. The number of amides is 3. The maximum atomic E-state index is 12.6. The molecule has 3 rings (SSSR count). The minimum Gasteiger partial charge on any atom is -0.321 e. The minimum absolute atomic E-state index is 0.122. The quantitative estimate of drug-likeness (QED) is 0.791. The van der Waals surface area contributed by atoms with Crippen LogP contribution in [0.4, 0.5) is 4.79 Å². The lowest BCUT2D eigenvalue weighted by molar-refractivity contribution is -0.128. The number of carbonyl (C=O) groups is 2. The molecular formula is C19H29N5O2. The molecule has 1 atom stereocenters. The van der Waals surface area contributed by atoms with Crippen molar-refractivity contribution >= 4 is 11.9 Å². The van der Waals surface area contributed by atoms with Gasteiger partial charge in [0.05, 0.1) is 6.04 Å². The minimum atomic E-state index is -0.225. The average molecular weight is 359 g/mol. The molecule has 142 valence electrons. The molecule has 2 fully saturated rings. The SMILES string of the molecule is CN1CCN(C(=O)NNC(=O)[C@H]2CCCCN2Cc2ccccc2)CC1. The Bertz CT molecular complexity index is 601. The predicted molar refractivity (Wildman–Crippen MR) is 100 cm³/mol. The summed E-state index contributed by atoms with van der Waals surface area (Å²) in [6.45, 7) is 4.73. The van der Waals surface area contributed by atoms with Gasteiger partial charge < -0.3 is 9.80 Å². The van der Waals surface area contributed by atoms with Gasteiger partial charge in [-0.25, -0.2) is 10.2 Å². The number of nitrogens with zero attached hydrogens (tertiary/aromatic N) is 3. The first kappa shape index (κ1) is 18.7. The molecule has 0 aliphatic carbocycles. The van der Waals surface area contributed by atoms with Gasteiger partial charge in [-0.05, 0) is 32.0 Å². The molecule has 0 unspecified atom stereocenters. The summed E-state index contributed by atoms with van der Waals surface area (Å²) in [7, 11) is 2.04. The topological polar surface area (TPSA) is 67.9 Å². The number of nitrogens with one attached hydrogen (secondary N) is 2. The molecule has 26 heavy (non-hydrogen) atoms. The molecule has 3 amide bonds. The highest BCUT2D eigenvalue weighted by Crippen LogP contribution is 2.19. The van der Waals surface area contributed by atoms with E-state index < -0.39 is 0 Å². The molecule has 2 aliphatic rings. The normalized spacial score (nSPS) is 22.0. The number of likely N-dealkylation sites (N-methyl/N-ethyl adjacent to an activating group) is 1. The molecule has 0 saturated carbocycles. The first-order valence-corrected chi connectivity index (χ1v) is 9.45. The van der Waals surface area contributed by atoms with Crippen LogP contribution in [0.2, 0.25) is 0 Å². The standard InChI is InChI=1S/C19H29N5O2/c1-22-11-13-23(14-12-22)19(26)21-20-18(25)17-9-5-6-10-24(17)15-16-7-3-2-4-8-16/h2-4,7-8,17H,5-6,9-15H2,1H3,(H,20,25)(H,21,26)/t17-/m1/s1. The van der Waals surface area contributed by atoms with Crippen LogP contribution < -0.4 is 10.9 Å². The lowest BCUT2D eigenvalue weighted by Gasteiger charge is -2.35. The molecule has 0 aromatic heterocycles. The summed E-state index contributed by atoms with van der Waals surface area (Å²) < 4.78 is 0. The largest absolute Gasteiger partial charge is 0.336 e. The lowest BCUT2D eigenvalue weighted by atomic mass is 10.0. The van der Waals surface area contributed by atoms with E-state index >= 15 is 0 Å². The molecule has 7 heteroatoms. The number of hydrazine groups is 1. The van der Waals surface area contributed by atoms with Crippen molar-refractivity contribution in [3.8, 4) is 0 Å². The molecule has 1 aromatic carbocycles. The van der Waals surface area contributed by atoms with Crippen LogP contribution in [-0.4, -0.2) is 72.5 Å². The number of likely N-dealkylation sites (tertiary alicyclic amines) is 1. The van der Waals surface area contributed by atoms with E-state index in [-0.39, 0.29) is 18.0 Å². The Kier molecular flexibility index (Phi) is 6.46. The van der Waals surface area contributed by atoms with Crippen LogP contribution in [0.1, 0.15) is 24.8 Å². The Morgan fingerprint density at radius 3 is 2.46 bits per heavy atom. The Balaban J connectivity index is 1.51. The summed E-state index contributed by atoms with van der Waals surface area (Å²) in [5.41, 5.74) is 6.43. The van der Waals surface area contributed by atoms with Crippen molar-refractivity contribution in [2.45, 2.75) is 31.8 Å². The first-order valence-electron chi connectivity index (χ1n) is 9.45. The first-order chi connectivity index (χ1) is 12.6. The molecule has 2 N–H and O–H groups in total. The van der Waals surface area contributed by atoms with Crippen LogP contribution in [0.25, 0.3) is 0 Å². The maximum absolute atomic E-state index is 12.6. The third-order valence-electron chi connectivity index (χ3n) is 5.23. The molecule has 2 aliphatic heterocycles. The van der Waals surface area contributed by atoms with Crippen molar-refractivity contribution in [2.75, 3.05) is 39.8 Å². The second-order valence-corrected chi connectivity index (χ2v) is 7.18. The zero-order valence-electron chi connectivity index (χ0n) is 15.5. The van der Waals surface area contributed by atoms with E-state index in [1.54, 1.807) is 4.90 Å². The highest BCUT2D eigenvalue weighted by molar-refractivity contribution is 5.84. The smallest absolute Gasteiger partial charge is 0.321 e. The summed E-state index contributed by atoms with van der Waals surface area (Å²) in [5.74, 6) is -0.122. The molecule has 0 bridgehead atoms. The number of piperidine rings is 1. The van der Waals surface area contributed by atoms with E-state index in [1.165, 1.54) is 5.56 Å². The zero-order valence-corrected chi connectivity index (χ0v) is 15.5. The fourth-order valence-corrected chi connectivity index (χ4v) is 3.58. The van der Waals surface area contributed by atoms with Gasteiger partial charge in [-0.1, -0.05) is 36.8 Å². The van der Waals surface area contributed by atoms with Crippen molar-refractivity contribution in [1.29, 1.82) is 0 Å². The van der Waals surface area contributed by atoms with Crippen LogP contribution in [0, 0.1) is 0 Å². The second-order valence-electron chi connectivity index (χ2n) is 7.18. The number of urea groups is 1.